The van der Waals surface area contributed by atoms with Crippen molar-refractivity contribution in [3.63, 3.8) is 0 Å². The SMILES string of the molecule is CCCN(CCC)CC(=O)Nc1cccc(C(=O)N(CCC)CCC)c1. The minimum Gasteiger partial charge on any atom is -0.339 e. The van der Waals surface area contributed by atoms with E-state index in [0.717, 1.165) is 51.9 Å². The van der Waals surface area contributed by atoms with Crippen LogP contribution in [0.4, 0.5) is 5.69 Å². The maximum absolute atomic E-state index is 12.7. The van der Waals surface area contributed by atoms with E-state index >= 15 is 0 Å². The molecule has 0 fully saturated rings. The van der Waals surface area contributed by atoms with Crippen LogP contribution in [0.5, 0.6) is 0 Å². The van der Waals surface area contributed by atoms with Crippen LogP contribution in [-0.2, 0) is 4.79 Å². The van der Waals surface area contributed by atoms with Crippen molar-refractivity contribution in [2.75, 3.05) is 38.0 Å². The highest BCUT2D eigenvalue weighted by molar-refractivity contribution is 5.97. The average Bonchev–Trinajstić information content (AvgIpc) is 2.61. The van der Waals surface area contributed by atoms with Gasteiger partial charge in [0.05, 0.1) is 6.54 Å². The van der Waals surface area contributed by atoms with Gasteiger partial charge in [0, 0.05) is 24.3 Å². The normalized spacial score (nSPS) is 10.8. The summed E-state index contributed by atoms with van der Waals surface area (Å²) in [5, 5.41) is 2.94. The van der Waals surface area contributed by atoms with Crippen molar-refractivity contribution < 1.29 is 9.59 Å². The maximum Gasteiger partial charge on any atom is 0.253 e. The maximum atomic E-state index is 12.7. The van der Waals surface area contributed by atoms with E-state index in [0.29, 0.717) is 17.8 Å². The molecule has 2 amide bonds. The number of rotatable bonds is 12. The van der Waals surface area contributed by atoms with E-state index in [4.69, 9.17) is 0 Å². The van der Waals surface area contributed by atoms with Gasteiger partial charge in [0.2, 0.25) is 5.91 Å². The molecule has 0 aliphatic rings. The van der Waals surface area contributed by atoms with E-state index in [-0.39, 0.29) is 11.8 Å². The van der Waals surface area contributed by atoms with E-state index in [2.05, 4.69) is 37.9 Å². The van der Waals surface area contributed by atoms with Gasteiger partial charge in [-0.25, -0.2) is 0 Å². The van der Waals surface area contributed by atoms with Crippen LogP contribution in [0, 0.1) is 0 Å². The summed E-state index contributed by atoms with van der Waals surface area (Å²) < 4.78 is 0. The molecule has 0 heterocycles. The molecule has 1 aromatic rings. The first kappa shape index (κ1) is 22.2. The number of amides is 2. The molecule has 0 aromatic heterocycles. The number of hydrogen-bond acceptors (Lipinski definition) is 3. The third kappa shape index (κ3) is 7.56. The molecule has 1 N–H and O–H groups in total. The predicted octanol–water partition coefficient (Wildman–Crippen LogP) is 4.01. The Labute approximate surface area is 158 Å². The molecule has 1 rings (SSSR count). The average molecular weight is 362 g/mol. The minimum absolute atomic E-state index is 0.0309. The first-order valence-electron chi connectivity index (χ1n) is 9.97. The van der Waals surface area contributed by atoms with Gasteiger partial charge in [0.25, 0.3) is 5.91 Å². The lowest BCUT2D eigenvalue weighted by Crippen LogP contribution is -2.34. The number of anilines is 1. The third-order valence-electron chi connectivity index (χ3n) is 4.11. The van der Waals surface area contributed by atoms with Crippen LogP contribution in [0.15, 0.2) is 24.3 Å². The molecular weight excluding hydrogens is 326 g/mol. The van der Waals surface area contributed by atoms with Crippen molar-refractivity contribution in [3.05, 3.63) is 29.8 Å². The number of carbonyl (C=O) groups excluding carboxylic acids is 2. The topological polar surface area (TPSA) is 52.7 Å². The monoisotopic (exact) mass is 361 g/mol. The van der Waals surface area contributed by atoms with Crippen molar-refractivity contribution in [2.45, 2.75) is 53.4 Å². The van der Waals surface area contributed by atoms with E-state index in [1.165, 1.54) is 0 Å². The highest BCUT2D eigenvalue weighted by Crippen LogP contribution is 2.14. The molecular formula is C21H35N3O2. The number of hydrogen-bond donors (Lipinski definition) is 1. The lowest BCUT2D eigenvalue weighted by molar-refractivity contribution is -0.117. The summed E-state index contributed by atoms with van der Waals surface area (Å²) in [5.74, 6) is -0.00105. The Morgan fingerprint density at radius 2 is 1.46 bits per heavy atom. The first-order valence-corrected chi connectivity index (χ1v) is 9.97. The Balaban J connectivity index is 2.76. The van der Waals surface area contributed by atoms with Crippen LogP contribution in [0.25, 0.3) is 0 Å². The zero-order valence-electron chi connectivity index (χ0n) is 16.9. The zero-order valence-corrected chi connectivity index (χ0v) is 16.9. The summed E-state index contributed by atoms with van der Waals surface area (Å²) in [5.41, 5.74) is 1.31. The Bertz CT molecular complexity index is 548. The fourth-order valence-corrected chi connectivity index (χ4v) is 3.07. The second kappa shape index (κ2) is 12.5. The van der Waals surface area contributed by atoms with Crippen molar-refractivity contribution >= 4 is 17.5 Å². The Kier molecular flexibility index (Phi) is 10.6. The molecule has 0 spiro atoms. The molecule has 1 aromatic carbocycles. The standard InChI is InChI=1S/C21H35N3O2/c1-5-12-23(13-6-2)17-20(25)22-19-11-9-10-18(16-19)21(26)24(14-7-3)15-8-4/h9-11,16H,5-8,12-15,17H2,1-4H3,(H,22,25). The molecule has 146 valence electrons. The van der Waals surface area contributed by atoms with Gasteiger partial charge in [-0.3, -0.25) is 14.5 Å². The van der Waals surface area contributed by atoms with Gasteiger partial charge in [-0.05, 0) is 57.0 Å². The van der Waals surface area contributed by atoms with Gasteiger partial charge in [-0.15, -0.1) is 0 Å². The molecule has 0 aliphatic carbocycles. The number of nitrogens with one attached hydrogen (secondary N) is 1. The largest absolute Gasteiger partial charge is 0.339 e. The molecule has 0 unspecified atom stereocenters. The van der Waals surface area contributed by atoms with E-state index in [9.17, 15) is 9.59 Å². The van der Waals surface area contributed by atoms with Crippen LogP contribution < -0.4 is 5.32 Å². The van der Waals surface area contributed by atoms with E-state index in [1.807, 2.05) is 23.1 Å². The molecule has 5 nitrogen and oxygen atoms in total. The lowest BCUT2D eigenvalue weighted by atomic mass is 10.1. The van der Waals surface area contributed by atoms with Crippen LogP contribution >= 0.6 is 0 Å². The fourth-order valence-electron chi connectivity index (χ4n) is 3.07. The highest BCUT2D eigenvalue weighted by atomic mass is 16.2. The van der Waals surface area contributed by atoms with Crippen molar-refractivity contribution in [2.24, 2.45) is 0 Å². The summed E-state index contributed by atoms with van der Waals surface area (Å²) >= 11 is 0. The molecule has 5 heteroatoms. The van der Waals surface area contributed by atoms with Crippen molar-refractivity contribution in [1.29, 1.82) is 0 Å². The molecule has 0 radical (unpaired) electrons. The number of benzene rings is 1. The van der Waals surface area contributed by atoms with Gasteiger partial charge in [-0.1, -0.05) is 33.8 Å². The van der Waals surface area contributed by atoms with Crippen LogP contribution in [0.1, 0.15) is 63.7 Å². The van der Waals surface area contributed by atoms with Crippen molar-refractivity contribution in [1.82, 2.24) is 9.80 Å². The van der Waals surface area contributed by atoms with Gasteiger partial charge in [0.15, 0.2) is 0 Å². The summed E-state index contributed by atoms with van der Waals surface area (Å²) in [6.45, 7) is 12.1. The molecule has 0 aliphatic heterocycles. The summed E-state index contributed by atoms with van der Waals surface area (Å²) in [6.07, 6.45) is 3.93. The summed E-state index contributed by atoms with van der Waals surface area (Å²) in [4.78, 5) is 29.1. The van der Waals surface area contributed by atoms with Crippen LogP contribution in [0.3, 0.4) is 0 Å². The molecule has 0 bridgehead atoms. The fraction of sp³-hybridized carbons (Fsp3) is 0.619. The second-order valence-electron chi connectivity index (χ2n) is 6.70. The predicted molar refractivity (Wildman–Crippen MR) is 109 cm³/mol. The van der Waals surface area contributed by atoms with Gasteiger partial charge >= 0.3 is 0 Å². The molecule has 0 saturated carbocycles. The minimum atomic E-state index is -0.0320. The van der Waals surface area contributed by atoms with E-state index < -0.39 is 0 Å². The Morgan fingerprint density at radius 1 is 0.885 bits per heavy atom. The second-order valence-corrected chi connectivity index (χ2v) is 6.70. The molecule has 26 heavy (non-hydrogen) atoms. The molecule has 0 saturated heterocycles. The first-order chi connectivity index (χ1) is 12.5. The van der Waals surface area contributed by atoms with Gasteiger partial charge < -0.3 is 10.2 Å². The number of carbonyl (C=O) groups is 2. The Hall–Kier alpha value is -1.88. The van der Waals surface area contributed by atoms with Crippen LogP contribution in [0.2, 0.25) is 0 Å². The quantitative estimate of drug-likeness (QED) is 0.612. The van der Waals surface area contributed by atoms with Gasteiger partial charge in [-0.2, -0.15) is 0 Å². The Morgan fingerprint density at radius 3 is 2.00 bits per heavy atom. The highest BCUT2D eigenvalue weighted by Gasteiger charge is 2.15. The summed E-state index contributed by atoms with van der Waals surface area (Å²) in [6, 6.07) is 7.26. The summed E-state index contributed by atoms with van der Waals surface area (Å²) in [7, 11) is 0. The number of nitrogens with zero attached hydrogens (tertiary/aromatic N) is 2. The molecule has 0 atom stereocenters. The van der Waals surface area contributed by atoms with Gasteiger partial charge in [0.1, 0.15) is 0 Å². The smallest absolute Gasteiger partial charge is 0.253 e. The zero-order chi connectivity index (χ0) is 19.4. The lowest BCUT2D eigenvalue weighted by Gasteiger charge is -2.22. The van der Waals surface area contributed by atoms with E-state index in [1.54, 1.807) is 6.07 Å². The van der Waals surface area contributed by atoms with Crippen molar-refractivity contribution in [3.8, 4) is 0 Å². The third-order valence-corrected chi connectivity index (χ3v) is 4.11. The van der Waals surface area contributed by atoms with Crippen LogP contribution in [-0.4, -0.2) is 54.3 Å².